The lowest BCUT2D eigenvalue weighted by atomic mass is 10.2. The highest BCUT2D eigenvalue weighted by Gasteiger charge is 2.08. The number of carbonyl (C=O) groups excluding carboxylic acids is 1. The predicted octanol–water partition coefficient (Wildman–Crippen LogP) is 5.32. The highest BCUT2D eigenvalue weighted by Crippen LogP contribution is 2.30. The van der Waals surface area contributed by atoms with Gasteiger partial charge in [-0.3, -0.25) is 4.79 Å². The van der Waals surface area contributed by atoms with Gasteiger partial charge in [0.1, 0.15) is 0 Å². The second kappa shape index (κ2) is 8.39. The number of nitrogens with zero attached hydrogens (tertiary/aromatic N) is 1. The van der Waals surface area contributed by atoms with Gasteiger partial charge in [0.2, 0.25) is 5.91 Å². The van der Waals surface area contributed by atoms with Crippen molar-refractivity contribution in [1.29, 1.82) is 0 Å². The lowest BCUT2D eigenvalue weighted by Crippen LogP contribution is -2.10. The Morgan fingerprint density at radius 2 is 2.10 bits per heavy atom. The fraction of sp³-hybridized carbons (Fsp3) is 0.500. The van der Waals surface area contributed by atoms with Crippen LogP contribution in [0.4, 0.5) is 5.13 Å². The number of anilines is 1. The zero-order chi connectivity index (χ0) is 15.1. The average Bonchev–Trinajstić information content (AvgIpc) is 2.86. The van der Waals surface area contributed by atoms with Crippen molar-refractivity contribution in [2.24, 2.45) is 0 Å². The van der Waals surface area contributed by atoms with Crippen LogP contribution in [0.2, 0.25) is 0 Å². The SMILES string of the molecule is CCCCSc1ccc2nc(NC(=O)CCCC)sc2c1. The zero-order valence-corrected chi connectivity index (χ0v) is 14.3. The molecule has 0 saturated heterocycles. The third-order valence-electron chi connectivity index (χ3n) is 3.13. The van der Waals surface area contributed by atoms with E-state index in [0.29, 0.717) is 11.6 Å². The molecule has 0 fully saturated rings. The molecule has 0 aliphatic rings. The highest BCUT2D eigenvalue weighted by atomic mass is 32.2. The van der Waals surface area contributed by atoms with Crippen LogP contribution >= 0.6 is 23.1 Å². The Kier molecular flexibility index (Phi) is 6.51. The first-order chi connectivity index (χ1) is 10.2. The van der Waals surface area contributed by atoms with E-state index in [1.165, 1.54) is 17.7 Å². The Morgan fingerprint density at radius 3 is 2.86 bits per heavy atom. The number of fused-ring (bicyclic) bond motifs is 1. The number of benzene rings is 1. The monoisotopic (exact) mass is 322 g/mol. The molecule has 0 aliphatic heterocycles. The van der Waals surface area contributed by atoms with Gasteiger partial charge in [-0.1, -0.05) is 38.0 Å². The molecule has 2 rings (SSSR count). The van der Waals surface area contributed by atoms with Crippen LogP contribution in [0.15, 0.2) is 23.1 Å². The Morgan fingerprint density at radius 1 is 1.29 bits per heavy atom. The summed E-state index contributed by atoms with van der Waals surface area (Å²) in [6, 6.07) is 6.34. The summed E-state index contributed by atoms with van der Waals surface area (Å²) in [5.41, 5.74) is 0.964. The van der Waals surface area contributed by atoms with E-state index in [4.69, 9.17) is 0 Å². The quantitative estimate of drug-likeness (QED) is 0.528. The van der Waals surface area contributed by atoms with E-state index in [-0.39, 0.29) is 5.91 Å². The van der Waals surface area contributed by atoms with Crippen LogP contribution in [0.3, 0.4) is 0 Å². The van der Waals surface area contributed by atoms with Crippen LogP contribution in [0.1, 0.15) is 46.0 Å². The predicted molar refractivity (Wildman–Crippen MR) is 93.4 cm³/mol. The third kappa shape index (κ3) is 5.00. The minimum absolute atomic E-state index is 0.0634. The van der Waals surface area contributed by atoms with E-state index in [0.717, 1.165) is 28.8 Å². The molecule has 0 unspecified atom stereocenters. The van der Waals surface area contributed by atoms with E-state index in [1.54, 1.807) is 11.3 Å². The van der Waals surface area contributed by atoms with E-state index < -0.39 is 0 Å². The van der Waals surface area contributed by atoms with Crippen molar-refractivity contribution in [2.75, 3.05) is 11.1 Å². The molecule has 5 heteroatoms. The summed E-state index contributed by atoms with van der Waals surface area (Å²) in [7, 11) is 0. The standard InChI is InChI=1S/C16H22N2OS2/c1-3-5-7-15(19)18-16-17-13-9-8-12(11-14(13)21-16)20-10-6-4-2/h8-9,11H,3-7,10H2,1-2H3,(H,17,18,19). The molecule has 1 aromatic heterocycles. The highest BCUT2D eigenvalue weighted by molar-refractivity contribution is 7.99. The molecule has 1 N–H and O–H groups in total. The van der Waals surface area contributed by atoms with Crippen molar-refractivity contribution in [3.8, 4) is 0 Å². The van der Waals surface area contributed by atoms with Crippen molar-refractivity contribution >= 4 is 44.4 Å². The summed E-state index contributed by atoms with van der Waals surface area (Å²) >= 11 is 3.44. The Balaban J connectivity index is 2.01. The first-order valence-corrected chi connectivity index (χ1v) is 9.36. The van der Waals surface area contributed by atoms with E-state index in [2.05, 4.69) is 36.3 Å². The van der Waals surface area contributed by atoms with Gasteiger partial charge in [0.25, 0.3) is 0 Å². The minimum Gasteiger partial charge on any atom is -0.302 e. The molecule has 114 valence electrons. The number of carbonyl (C=O) groups is 1. The molecule has 2 aromatic rings. The number of thiazole rings is 1. The van der Waals surface area contributed by atoms with Crippen molar-refractivity contribution in [3.63, 3.8) is 0 Å². The van der Waals surface area contributed by atoms with E-state index >= 15 is 0 Å². The van der Waals surface area contributed by atoms with Gasteiger partial charge in [0.15, 0.2) is 5.13 Å². The Bertz CT molecular complexity index is 595. The topological polar surface area (TPSA) is 42.0 Å². The lowest BCUT2D eigenvalue weighted by molar-refractivity contribution is -0.116. The second-order valence-electron chi connectivity index (χ2n) is 5.00. The fourth-order valence-corrected chi connectivity index (χ4v) is 3.93. The summed E-state index contributed by atoms with van der Waals surface area (Å²) in [4.78, 5) is 17.5. The van der Waals surface area contributed by atoms with E-state index in [1.807, 2.05) is 17.8 Å². The molecule has 0 radical (unpaired) electrons. The van der Waals surface area contributed by atoms with Crippen molar-refractivity contribution in [1.82, 2.24) is 4.98 Å². The number of hydrogen-bond donors (Lipinski definition) is 1. The zero-order valence-electron chi connectivity index (χ0n) is 12.6. The molecule has 1 heterocycles. The summed E-state index contributed by atoms with van der Waals surface area (Å²) in [5, 5.41) is 3.61. The molecular formula is C16H22N2OS2. The number of nitrogens with one attached hydrogen (secondary N) is 1. The smallest absolute Gasteiger partial charge is 0.226 e. The average molecular weight is 322 g/mol. The van der Waals surface area contributed by atoms with Gasteiger partial charge in [0.05, 0.1) is 10.2 Å². The minimum atomic E-state index is 0.0634. The number of rotatable bonds is 8. The summed E-state index contributed by atoms with van der Waals surface area (Å²) in [6.45, 7) is 4.29. The van der Waals surface area contributed by atoms with Gasteiger partial charge in [-0.05, 0) is 36.8 Å². The van der Waals surface area contributed by atoms with Crippen LogP contribution in [0.25, 0.3) is 10.2 Å². The third-order valence-corrected chi connectivity index (χ3v) is 5.14. The maximum Gasteiger partial charge on any atom is 0.226 e. The van der Waals surface area contributed by atoms with E-state index in [9.17, 15) is 4.79 Å². The van der Waals surface area contributed by atoms with Crippen LogP contribution in [0.5, 0.6) is 0 Å². The van der Waals surface area contributed by atoms with Crippen molar-refractivity contribution in [3.05, 3.63) is 18.2 Å². The maximum absolute atomic E-state index is 11.7. The molecule has 0 saturated carbocycles. The number of hydrogen-bond acceptors (Lipinski definition) is 4. The summed E-state index contributed by atoms with van der Waals surface area (Å²) < 4.78 is 1.14. The first kappa shape index (κ1) is 16.3. The van der Waals surface area contributed by atoms with Crippen LogP contribution < -0.4 is 5.32 Å². The first-order valence-electron chi connectivity index (χ1n) is 7.56. The summed E-state index contributed by atoms with van der Waals surface area (Å²) in [6.07, 6.45) is 5.00. The maximum atomic E-state index is 11.7. The molecule has 21 heavy (non-hydrogen) atoms. The fourth-order valence-electron chi connectivity index (χ4n) is 1.90. The van der Waals surface area contributed by atoms with Crippen LogP contribution in [-0.2, 0) is 4.79 Å². The van der Waals surface area contributed by atoms with Gasteiger partial charge in [0, 0.05) is 11.3 Å². The molecular weight excluding hydrogens is 300 g/mol. The van der Waals surface area contributed by atoms with Gasteiger partial charge < -0.3 is 5.32 Å². The van der Waals surface area contributed by atoms with Gasteiger partial charge in [-0.2, -0.15) is 0 Å². The summed E-state index contributed by atoms with van der Waals surface area (Å²) in [5.74, 6) is 1.22. The number of unbranched alkanes of at least 4 members (excludes halogenated alkanes) is 2. The largest absolute Gasteiger partial charge is 0.302 e. The van der Waals surface area contributed by atoms with Crippen LogP contribution in [0, 0.1) is 0 Å². The lowest BCUT2D eigenvalue weighted by Gasteiger charge is -1.99. The Hall–Kier alpha value is -1.07. The molecule has 0 atom stereocenters. The van der Waals surface area contributed by atoms with Gasteiger partial charge >= 0.3 is 0 Å². The number of aromatic nitrogens is 1. The molecule has 1 aromatic carbocycles. The number of thioether (sulfide) groups is 1. The van der Waals surface area contributed by atoms with Crippen molar-refractivity contribution in [2.45, 2.75) is 50.8 Å². The van der Waals surface area contributed by atoms with Gasteiger partial charge in [-0.15, -0.1) is 11.8 Å². The molecule has 1 amide bonds. The Labute approximate surface area is 134 Å². The number of amides is 1. The van der Waals surface area contributed by atoms with Crippen molar-refractivity contribution < 1.29 is 4.79 Å². The van der Waals surface area contributed by atoms with Gasteiger partial charge in [-0.25, -0.2) is 4.98 Å². The molecule has 0 aliphatic carbocycles. The normalized spacial score (nSPS) is 11.0. The van der Waals surface area contributed by atoms with Crippen LogP contribution in [-0.4, -0.2) is 16.6 Å². The molecule has 0 spiro atoms. The second-order valence-corrected chi connectivity index (χ2v) is 7.20. The molecule has 3 nitrogen and oxygen atoms in total. The molecule has 0 bridgehead atoms.